The van der Waals surface area contributed by atoms with Crippen molar-refractivity contribution in [3.63, 3.8) is 0 Å². The normalized spacial score (nSPS) is 19.7. The molecule has 2 heterocycles. The first-order valence-corrected chi connectivity index (χ1v) is 8.87. The second kappa shape index (κ2) is 5.78. The molecule has 25 heavy (non-hydrogen) atoms. The third-order valence-electron chi connectivity index (χ3n) is 3.91. The molecular formula is C16H10BrN3O4S. The van der Waals surface area contributed by atoms with Gasteiger partial charge in [0.25, 0.3) is 5.91 Å². The van der Waals surface area contributed by atoms with Crippen LogP contribution < -0.4 is 10.2 Å². The molecule has 1 unspecified atom stereocenters. The number of aromatic hydroxyl groups is 1. The topological polar surface area (TPSA) is 95.7 Å². The van der Waals surface area contributed by atoms with Crippen LogP contribution in [0.1, 0.15) is 5.56 Å². The van der Waals surface area contributed by atoms with E-state index in [1.165, 1.54) is 30.0 Å². The van der Waals surface area contributed by atoms with Crippen LogP contribution in [0.5, 0.6) is 5.75 Å². The Morgan fingerprint density at radius 1 is 1.36 bits per heavy atom. The second-order valence-electron chi connectivity index (χ2n) is 5.44. The van der Waals surface area contributed by atoms with Crippen LogP contribution in [0.3, 0.4) is 0 Å². The average Bonchev–Trinajstić information content (AvgIpc) is 3.07. The second-order valence-corrected chi connectivity index (χ2v) is 7.47. The summed E-state index contributed by atoms with van der Waals surface area (Å²) in [5.41, 5.74) is 1.21. The van der Waals surface area contributed by atoms with Crippen LogP contribution in [-0.2, 0) is 4.79 Å². The number of carbonyl (C=O) groups is 1. The number of fused-ring (bicyclic) bond motifs is 3. The van der Waals surface area contributed by atoms with Gasteiger partial charge in [-0.25, -0.2) is 0 Å². The number of anilines is 2. The van der Waals surface area contributed by atoms with Crippen molar-refractivity contribution >= 4 is 56.7 Å². The Bertz CT molecular complexity index is 962. The zero-order valence-electron chi connectivity index (χ0n) is 12.5. The summed E-state index contributed by atoms with van der Waals surface area (Å²) in [6.45, 7) is 0. The van der Waals surface area contributed by atoms with Crippen molar-refractivity contribution in [1.82, 2.24) is 0 Å². The molecule has 2 aromatic rings. The number of nitro benzene ring substituents is 1. The lowest BCUT2D eigenvalue weighted by atomic mass is 10.1. The summed E-state index contributed by atoms with van der Waals surface area (Å²) in [6, 6.07) is 10.2. The Labute approximate surface area is 154 Å². The lowest BCUT2D eigenvalue weighted by Crippen LogP contribution is -2.31. The highest BCUT2D eigenvalue weighted by Crippen LogP contribution is 2.47. The van der Waals surface area contributed by atoms with Gasteiger partial charge in [0, 0.05) is 16.1 Å². The first-order valence-electron chi connectivity index (χ1n) is 7.20. The van der Waals surface area contributed by atoms with Crippen molar-refractivity contribution in [3.8, 4) is 5.75 Å². The number of nitrogens with zero attached hydrogens (tertiary/aromatic N) is 2. The SMILES string of the molecule is O=C1/C(=C/c2cc(Br)cc([N+](=O)[O-])c2O)SC2Nc3ccccc3N12. The van der Waals surface area contributed by atoms with Crippen LogP contribution in [0.4, 0.5) is 17.1 Å². The molecule has 1 saturated heterocycles. The summed E-state index contributed by atoms with van der Waals surface area (Å²) >= 11 is 4.49. The van der Waals surface area contributed by atoms with Gasteiger partial charge in [0.2, 0.25) is 5.75 Å². The minimum atomic E-state index is -0.665. The zero-order valence-corrected chi connectivity index (χ0v) is 14.9. The highest BCUT2D eigenvalue weighted by Gasteiger charge is 2.42. The predicted molar refractivity (Wildman–Crippen MR) is 99.4 cm³/mol. The van der Waals surface area contributed by atoms with Crippen LogP contribution in [0.25, 0.3) is 6.08 Å². The number of nitro groups is 1. The molecule has 1 atom stereocenters. The molecule has 1 amide bonds. The molecule has 9 heteroatoms. The van der Waals surface area contributed by atoms with Crippen LogP contribution in [0, 0.1) is 10.1 Å². The van der Waals surface area contributed by atoms with E-state index >= 15 is 0 Å². The van der Waals surface area contributed by atoms with E-state index in [1.54, 1.807) is 4.90 Å². The molecule has 0 saturated carbocycles. The molecule has 2 aliphatic rings. The summed E-state index contributed by atoms with van der Waals surface area (Å²) in [4.78, 5) is 25.1. The zero-order chi connectivity index (χ0) is 17.7. The number of hydrogen-bond donors (Lipinski definition) is 2. The van der Waals surface area contributed by atoms with E-state index in [0.29, 0.717) is 9.38 Å². The van der Waals surface area contributed by atoms with E-state index in [4.69, 9.17) is 0 Å². The van der Waals surface area contributed by atoms with Crippen LogP contribution >= 0.6 is 27.7 Å². The first kappa shape index (κ1) is 16.0. The number of phenolic OH excluding ortho intramolecular Hbond substituents is 1. The Kier molecular flexibility index (Phi) is 3.69. The number of amides is 1. The van der Waals surface area contributed by atoms with Gasteiger partial charge < -0.3 is 10.4 Å². The van der Waals surface area contributed by atoms with E-state index in [9.17, 15) is 20.0 Å². The summed E-state index contributed by atoms with van der Waals surface area (Å²) in [5, 5.41) is 24.4. The fraction of sp³-hybridized carbons (Fsp3) is 0.0625. The Hall–Kier alpha value is -2.52. The number of carbonyl (C=O) groups excluding carboxylic acids is 1. The number of halogens is 1. The number of thioether (sulfide) groups is 1. The molecule has 126 valence electrons. The number of hydrogen-bond acceptors (Lipinski definition) is 6. The van der Waals surface area contributed by atoms with Crippen molar-refractivity contribution in [1.29, 1.82) is 0 Å². The number of rotatable bonds is 2. The van der Waals surface area contributed by atoms with E-state index in [0.717, 1.165) is 11.4 Å². The number of nitrogens with one attached hydrogen (secondary N) is 1. The number of benzene rings is 2. The summed E-state index contributed by atoms with van der Waals surface area (Å²) in [7, 11) is 0. The minimum absolute atomic E-state index is 0.213. The van der Waals surface area contributed by atoms with Crippen molar-refractivity contribution < 1.29 is 14.8 Å². The van der Waals surface area contributed by atoms with Gasteiger partial charge in [0.1, 0.15) is 0 Å². The maximum atomic E-state index is 12.7. The fourth-order valence-corrected chi connectivity index (χ4v) is 4.41. The third kappa shape index (κ3) is 2.56. The van der Waals surface area contributed by atoms with Gasteiger partial charge in [-0.3, -0.25) is 19.8 Å². The third-order valence-corrected chi connectivity index (χ3v) is 5.47. The van der Waals surface area contributed by atoms with Crippen molar-refractivity contribution in [2.45, 2.75) is 5.50 Å². The molecule has 2 aromatic carbocycles. The Morgan fingerprint density at radius 2 is 2.12 bits per heavy atom. The maximum Gasteiger partial charge on any atom is 0.312 e. The minimum Gasteiger partial charge on any atom is -0.502 e. The quantitative estimate of drug-likeness (QED) is 0.435. The molecule has 0 spiro atoms. The van der Waals surface area contributed by atoms with E-state index in [-0.39, 0.29) is 17.0 Å². The van der Waals surface area contributed by atoms with Gasteiger partial charge >= 0.3 is 5.69 Å². The lowest BCUT2D eigenvalue weighted by Gasteiger charge is -2.12. The van der Waals surface area contributed by atoms with Gasteiger partial charge in [-0.05, 0) is 24.3 Å². The van der Waals surface area contributed by atoms with E-state index in [2.05, 4.69) is 21.2 Å². The summed E-state index contributed by atoms with van der Waals surface area (Å²) in [5.74, 6) is -0.677. The van der Waals surface area contributed by atoms with Crippen LogP contribution in [0.2, 0.25) is 0 Å². The molecule has 0 radical (unpaired) electrons. The Morgan fingerprint density at radius 3 is 2.88 bits per heavy atom. The highest BCUT2D eigenvalue weighted by atomic mass is 79.9. The predicted octanol–water partition coefficient (Wildman–Crippen LogP) is 3.89. The first-order chi connectivity index (χ1) is 12.0. The molecule has 2 aliphatic heterocycles. The van der Waals surface area contributed by atoms with Gasteiger partial charge in [-0.2, -0.15) is 0 Å². The average molecular weight is 420 g/mol. The molecule has 0 bridgehead atoms. The summed E-state index contributed by atoms with van der Waals surface area (Å²) in [6.07, 6.45) is 1.47. The van der Waals surface area contributed by atoms with Gasteiger partial charge in [-0.1, -0.05) is 39.8 Å². The lowest BCUT2D eigenvalue weighted by molar-refractivity contribution is -0.385. The van der Waals surface area contributed by atoms with E-state index in [1.807, 2.05) is 24.3 Å². The Balaban J connectivity index is 1.74. The molecular weight excluding hydrogens is 410 g/mol. The van der Waals surface area contributed by atoms with E-state index < -0.39 is 16.4 Å². The smallest absolute Gasteiger partial charge is 0.312 e. The highest BCUT2D eigenvalue weighted by molar-refractivity contribution is 9.10. The molecule has 4 rings (SSSR count). The number of para-hydroxylation sites is 2. The van der Waals surface area contributed by atoms with Gasteiger partial charge in [0.05, 0.1) is 21.2 Å². The number of phenols is 1. The van der Waals surface area contributed by atoms with Gasteiger partial charge in [-0.15, -0.1) is 0 Å². The molecule has 0 aromatic heterocycles. The van der Waals surface area contributed by atoms with Crippen molar-refractivity contribution in [2.75, 3.05) is 10.2 Å². The largest absolute Gasteiger partial charge is 0.502 e. The monoisotopic (exact) mass is 419 g/mol. The summed E-state index contributed by atoms with van der Waals surface area (Å²) < 4.78 is 0.447. The molecule has 7 nitrogen and oxygen atoms in total. The standard InChI is InChI=1S/C16H10BrN3O4S/c17-9-5-8(14(21)12(7-9)20(23)24)6-13-15(22)19-11-4-2-1-3-10(11)18-16(19)25-13/h1-7,16,18,21H/b13-6-. The fourth-order valence-electron chi connectivity index (χ4n) is 2.81. The molecule has 2 N–H and O–H groups in total. The maximum absolute atomic E-state index is 12.7. The van der Waals surface area contributed by atoms with Crippen molar-refractivity contribution in [3.05, 3.63) is 61.5 Å². The van der Waals surface area contributed by atoms with Crippen molar-refractivity contribution in [2.24, 2.45) is 0 Å². The van der Waals surface area contributed by atoms with Crippen LogP contribution in [0.15, 0.2) is 45.8 Å². The molecule has 1 fully saturated rings. The molecule has 0 aliphatic carbocycles. The van der Waals surface area contributed by atoms with Crippen LogP contribution in [-0.4, -0.2) is 21.4 Å². The van der Waals surface area contributed by atoms with Gasteiger partial charge in [0.15, 0.2) is 5.50 Å².